The van der Waals surface area contributed by atoms with Gasteiger partial charge in [0.2, 0.25) is 0 Å². The zero-order valence-electron chi connectivity index (χ0n) is 11.9. The number of rotatable bonds is 5. The van der Waals surface area contributed by atoms with Crippen molar-refractivity contribution in [3.8, 4) is 5.75 Å². The van der Waals surface area contributed by atoms with Crippen molar-refractivity contribution in [1.29, 1.82) is 0 Å². The number of carbonyl (C=O) groups excluding carboxylic acids is 1. The number of hydrogen-bond donors (Lipinski definition) is 3. The molecule has 0 aliphatic rings. The summed E-state index contributed by atoms with van der Waals surface area (Å²) < 4.78 is 5.27. The number of aliphatic hydroxyl groups excluding tert-OH is 1. The summed E-state index contributed by atoms with van der Waals surface area (Å²) in [5, 5.41) is 12.5. The second-order valence-corrected chi connectivity index (χ2v) is 4.82. The van der Waals surface area contributed by atoms with E-state index in [2.05, 4.69) is 10.3 Å². The fourth-order valence-electron chi connectivity index (χ4n) is 2.19. The van der Waals surface area contributed by atoms with Gasteiger partial charge in [-0.2, -0.15) is 0 Å². The van der Waals surface area contributed by atoms with Gasteiger partial charge in [0, 0.05) is 16.6 Å². The Labute approximate surface area is 127 Å². The molecule has 1 amide bonds. The van der Waals surface area contributed by atoms with Gasteiger partial charge >= 0.3 is 0 Å². The second kappa shape index (κ2) is 6.32. The molecule has 0 bridgehead atoms. The van der Waals surface area contributed by atoms with E-state index in [-0.39, 0.29) is 19.1 Å². The molecule has 0 saturated carbocycles. The van der Waals surface area contributed by atoms with Gasteiger partial charge in [0.15, 0.2) is 0 Å². The van der Waals surface area contributed by atoms with Gasteiger partial charge in [-0.05, 0) is 36.4 Å². The van der Waals surface area contributed by atoms with Gasteiger partial charge in [0.25, 0.3) is 5.91 Å². The van der Waals surface area contributed by atoms with Crippen LogP contribution in [0, 0.1) is 0 Å². The monoisotopic (exact) mass is 296 g/mol. The van der Waals surface area contributed by atoms with Crippen molar-refractivity contribution in [2.24, 2.45) is 0 Å². The Morgan fingerprint density at radius 3 is 2.64 bits per heavy atom. The Hall–Kier alpha value is -2.79. The predicted molar refractivity (Wildman–Crippen MR) is 85.3 cm³/mol. The van der Waals surface area contributed by atoms with Crippen LogP contribution in [0.5, 0.6) is 5.75 Å². The topological polar surface area (TPSA) is 74.3 Å². The molecule has 22 heavy (non-hydrogen) atoms. The molecule has 1 aromatic heterocycles. The van der Waals surface area contributed by atoms with Crippen LogP contribution in [0.4, 0.5) is 5.69 Å². The number of fused-ring (bicyclic) bond motifs is 1. The third kappa shape index (κ3) is 3.10. The molecule has 0 radical (unpaired) electrons. The minimum absolute atomic E-state index is 0.0289. The number of aromatic amines is 1. The number of aromatic nitrogens is 1. The fourth-order valence-corrected chi connectivity index (χ4v) is 2.19. The van der Waals surface area contributed by atoms with E-state index >= 15 is 0 Å². The van der Waals surface area contributed by atoms with E-state index in [9.17, 15) is 4.79 Å². The predicted octanol–water partition coefficient (Wildman–Crippen LogP) is 2.79. The molecule has 5 heteroatoms. The highest BCUT2D eigenvalue weighted by atomic mass is 16.5. The number of H-pyrrole nitrogens is 1. The summed E-state index contributed by atoms with van der Waals surface area (Å²) >= 11 is 0. The Balaban J connectivity index is 1.70. The molecule has 112 valence electrons. The number of anilines is 1. The second-order valence-electron chi connectivity index (χ2n) is 4.82. The van der Waals surface area contributed by atoms with Crippen molar-refractivity contribution in [2.75, 3.05) is 18.5 Å². The van der Waals surface area contributed by atoms with Crippen LogP contribution in [0.1, 0.15) is 10.5 Å². The number of carbonyl (C=O) groups is 1. The van der Waals surface area contributed by atoms with E-state index in [1.165, 1.54) is 0 Å². The van der Waals surface area contributed by atoms with Crippen LogP contribution >= 0.6 is 0 Å². The van der Waals surface area contributed by atoms with Crippen molar-refractivity contribution in [1.82, 2.24) is 4.98 Å². The molecular formula is C17H16N2O3. The summed E-state index contributed by atoms with van der Waals surface area (Å²) in [6.07, 6.45) is 0. The Morgan fingerprint density at radius 1 is 1.14 bits per heavy atom. The molecule has 0 unspecified atom stereocenters. The third-order valence-corrected chi connectivity index (χ3v) is 3.25. The van der Waals surface area contributed by atoms with Gasteiger partial charge in [0.1, 0.15) is 18.1 Å². The number of aliphatic hydroxyl groups is 1. The highest BCUT2D eigenvalue weighted by molar-refractivity contribution is 6.05. The van der Waals surface area contributed by atoms with Crippen LogP contribution in [0.2, 0.25) is 0 Å². The first-order valence-corrected chi connectivity index (χ1v) is 6.99. The smallest absolute Gasteiger partial charge is 0.272 e. The van der Waals surface area contributed by atoms with Gasteiger partial charge in [-0.1, -0.05) is 18.2 Å². The lowest BCUT2D eigenvalue weighted by Gasteiger charge is -2.06. The number of nitrogens with one attached hydrogen (secondary N) is 2. The largest absolute Gasteiger partial charge is 0.491 e. The minimum atomic E-state index is -0.194. The molecule has 0 saturated heterocycles. The molecule has 1 heterocycles. The highest BCUT2D eigenvalue weighted by Crippen LogP contribution is 2.18. The van der Waals surface area contributed by atoms with Crippen molar-refractivity contribution < 1.29 is 14.6 Å². The molecule has 5 nitrogen and oxygen atoms in total. The molecule has 3 N–H and O–H groups in total. The van der Waals surface area contributed by atoms with Crippen LogP contribution < -0.4 is 10.1 Å². The molecule has 0 aliphatic carbocycles. The van der Waals surface area contributed by atoms with Gasteiger partial charge in [-0.3, -0.25) is 4.79 Å². The lowest BCUT2D eigenvalue weighted by atomic mass is 10.2. The zero-order valence-corrected chi connectivity index (χ0v) is 11.9. The SMILES string of the molecule is O=C(Nc1ccc(OCCO)cc1)c1cc2ccccc2[nH]1. The highest BCUT2D eigenvalue weighted by Gasteiger charge is 2.09. The molecule has 0 atom stereocenters. The molecular weight excluding hydrogens is 280 g/mol. The van der Waals surface area contributed by atoms with Crippen molar-refractivity contribution in [3.05, 3.63) is 60.3 Å². The van der Waals surface area contributed by atoms with Crippen molar-refractivity contribution >= 4 is 22.5 Å². The molecule has 0 aliphatic heterocycles. The maximum atomic E-state index is 12.2. The number of hydrogen-bond acceptors (Lipinski definition) is 3. The molecule has 2 aromatic carbocycles. The summed E-state index contributed by atoms with van der Waals surface area (Å²) in [5.74, 6) is 0.456. The van der Waals surface area contributed by atoms with E-state index in [0.717, 1.165) is 10.9 Å². The lowest BCUT2D eigenvalue weighted by molar-refractivity contribution is 0.102. The summed E-state index contributed by atoms with van der Waals surface area (Å²) in [5.41, 5.74) is 2.13. The lowest BCUT2D eigenvalue weighted by Crippen LogP contribution is -2.12. The first-order valence-electron chi connectivity index (χ1n) is 6.99. The minimum Gasteiger partial charge on any atom is -0.491 e. The van der Waals surface area contributed by atoms with Crippen LogP contribution in [-0.2, 0) is 0 Å². The first-order chi connectivity index (χ1) is 10.8. The fraction of sp³-hybridized carbons (Fsp3) is 0.118. The van der Waals surface area contributed by atoms with E-state index in [4.69, 9.17) is 9.84 Å². The van der Waals surface area contributed by atoms with Crippen LogP contribution in [0.25, 0.3) is 10.9 Å². The van der Waals surface area contributed by atoms with Crippen molar-refractivity contribution in [2.45, 2.75) is 0 Å². The average molecular weight is 296 g/mol. The van der Waals surface area contributed by atoms with Crippen LogP contribution in [0.15, 0.2) is 54.6 Å². The average Bonchev–Trinajstić information content (AvgIpc) is 2.98. The van der Waals surface area contributed by atoms with E-state index < -0.39 is 0 Å². The Kier molecular flexibility index (Phi) is 4.07. The van der Waals surface area contributed by atoms with E-state index in [1.807, 2.05) is 30.3 Å². The van der Waals surface area contributed by atoms with Crippen molar-refractivity contribution in [3.63, 3.8) is 0 Å². The van der Waals surface area contributed by atoms with Gasteiger partial charge in [-0.15, -0.1) is 0 Å². The summed E-state index contributed by atoms with van der Waals surface area (Å²) in [6.45, 7) is 0.222. The van der Waals surface area contributed by atoms with Gasteiger partial charge < -0.3 is 20.1 Å². The zero-order chi connectivity index (χ0) is 15.4. The summed E-state index contributed by atoms with van der Waals surface area (Å²) in [7, 11) is 0. The summed E-state index contributed by atoms with van der Waals surface area (Å²) in [6, 6.07) is 16.6. The maximum absolute atomic E-state index is 12.2. The molecule has 0 spiro atoms. The van der Waals surface area contributed by atoms with E-state index in [1.54, 1.807) is 24.3 Å². The van der Waals surface area contributed by atoms with E-state index in [0.29, 0.717) is 17.1 Å². The standard InChI is InChI=1S/C17H16N2O3/c20-9-10-22-14-7-5-13(6-8-14)18-17(21)16-11-12-3-1-2-4-15(12)19-16/h1-8,11,19-20H,9-10H2,(H,18,21). The van der Waals surface area contributed by atoms with Crippen LogP contribution in [-0.4, -0.2) is 29.2 Å². The number of para-hydroxylation sites is 1. The first kappa shape index (κ1) is 14.2. The molecule has 0 fully saturated rings. The molecule has 3 rings (SSSR count). The third-order valence-electron chi connectivity index (χ3n) is 3.25. The number of benzene rings is 2. The van der Waals surface area contributed by atoms with Gasteiger partial charge in [-0.25, -0.2) is 0 Å². The maximum Gasteiger partial charge on any atom is 0.272 e. The summed E-state index contributed by atoms with van der Waals surface area (Å²) in [4.78, 5) is 15.3. The molecule has 3 aromatic rings. The van der Waals surface area contributed by atoms with Gasteiger partial charge in [0.05, 0.1) is 6.61 Å². The Bertz CT molecular complexity index is 745. The van der Waals surface area contributed by atoms with Crippen LogP contribution in [0.3, 0.4) is 0 Å². The Morgan fingerprint density at radius 2 is 1.91 bits per heavy atom. The quantitative estimate of drug-likeness (QED) is 0.677. The number of amides is 1. The number of ether oxygens (including phenoxy) is 1. The normalized spacial score (nSPS) is 10.6.